The molecule has 1 aromatic rings. The molecular weight excluding hydrogens is 372 g/mol. The van der Waals surface area contributed by atoms with Gasteiger partial charge in [0.15, 0.2) is 0 Å². The Morgan fingerprint density at radius 1 is 1.48 bits per heavy atom. The number of hydrogen-bond donors (Lipinski definition) is 3. The van der Waals surface area contributed by atoms with Gasteiger partial charge in [-0.25, -0.2) is 9.79 Å². The average Bonchev–Trinajstić information content (AvgIpc) is 3.13. The number of alkyl carbamates (subject to hydrolysis) is 1. The molecule has 29 heavy (non-hydrogen) atoms. The molecule has 0 bridgehead atoms. The van der Waals surface area contributed by atoms with Crippen LogP contribution in [0.5, 0.6) is 0 Å². The highest BCUT2D eigenvalue weighted by Crippen LogP contribution is 2.29. The Bertz CT molecular complexity index is 917. The van der Waals surface area contributed by atoms with Crippen LogP contribution in [0.2, 0.25) is 0 Å². The molecule has 2 heterocycles. The summed E-state index contributed by atoms with van der Waals surface area (Å²) in [6, 6.07) is 7.51. The van der Waals surface area contributed by atoms with E-state index >= 15 is 0 Å². The van der Waals surface area contributed by atoms with Gasteiger partial charge in [0.25, 0.3) is 0 Å². The minimum Gasteiger partial charge on any atom is -0.442 e. The predicted octanol–water partition coefficient (Wildman–Crippen LogP) is 1.29. The summed E-state index contributed by atoms with van der Waals surface area (Å²) in [5.74, 6) is 0.561. The van der Waals surface area contributed by atoms with Crippen LogP contribution in [0.3, 0.4) is 0 Å². The maximum Gasteiger partial charge on any atom is 0.407 e. The second kappa shape index (κ2) is 8.65. The van der Waals surface area contributed by atoms with Crippen molar-refractivity contribution >= 4 is 29.2 Å². The number of amides is 2. The van der Waals surface area contributed by atoms with Gasteiger partial charge in [0.2, 0.25) is 5.91 Å². The SMILES string of the molecule is CNc1cc(C#N)ccc1C1=CC(C)N(CC(=O)NCC2CNC(=O)O2)C(C)=N1. The van der Waals surface area contributed by atoms with Crippen LogP contribution in [-0.4, -0.2) is 61.6 Å². The van der Waals surface area contributed by atoms with Gasteiger partial charge in [0.1, 0.15) is 11.9 Å². The zero-order valence-electron chi connectivity index (χ0n) is 16.7. The summed E-state index contributed by atoms with van der Waals surface area (Å²) >= 11 is 0. The molecule has 0 saturated carbocycles. The Balaban J connectivity index is 1.66. The number of aliphatic imine (C=N–C) groups is 1. The van der Waals surface area contributed by atoms with Crippen molar-refractivity contribution in [2.75, 3.05) is 32.0 Å². The molecule has 2 unspecified atom stereocenters. The third-order valence-electron chi connectivity index (χ3n) is 4.87. The van der Waals surface area contributed by atoms with Crippen molar-refractivity contribution in [1.82, 2.24) is 15.5 Å². The number of rotatable bonds is 6. The molecule has 1 saturated heterocycles. The molecule has 0 spiro atoms. The molecule has 1 aromatic carbocycles. The fourth-order valence-corrected chi connectivity index (χ4v) is 3.33. The van der Waals surface area contributed by atoms with Crippen molar-refractivity contribution in [3.63, 3.8) is 0 Å². The topological polar surface area (TPSA) is 119 Å². The van der Waals surface area contributed by atoms with E-state index in [1.807, 2.05) is 30.9 Å². The number of carbonyl (C=O) groups is 2. The van der Waals surface area contributed by atoms with Gasteiger partial charge in [-0.2, -0.15) is 5.26 Å². The van der Waals surface area contributed by atoms with E-state index in [0.717, 1.165) is 22.8 Å². The first-order chi connectivity index (χ1) is 13.9. The van der Waals surface area contributed by atoms with Crippen LogP contribution < -0.4 is 16.0 Å². The second-order valence-corrected chi connectivity index (χ2v) is 6.91. The molecule has 2 aliphatic rings. The number of hydrogen-bond acceptors (Lipinski definition) is 7. The summed E-state index contributed by atoms with van der Waals surface area (Å²) < 4.78 is 5.01. The standard InChI is InChI=1S/C20H24N6O3/c1-12-6-18(16-5-4-14(8-21)7-17(16)22-3)25-13(2)26(12)11-19(27)23-9-15-10-24-20(28)29-15/h4-7,12,15,22H,9-11H2,1-3H3,(H,23,27)(H,24,28). The molecule has 9 heteroatoms. The van der Waals surface area contributed by atoms with E-state index in [0.29, 0.717) is 12.1 Å². The van der Waals surface area contributed by atoms with Gasteiger partial charge in [0, 0.05) is 24.3 Å². The third-order valence-corrected chi connectivity index (χ3v) is 4.87. The highest BCUT2D eigenvalue weighted by molar-refractivity contribution is 5.93. The molecular formula is C20H24N6O3. The first-order valence-electron chi connectivity index (χ1n) is 9.38. The van der Waals surface area contributed by atoms with E-state index in [1.54, 1.807) is 19.2 Å². The number of benzene rings is 1. The lowest BCUT2D eigenvalue weighted by molar-refractivity contribution is -0.122. The monoisotopic (exact) mass is 396 g/mol. The van der Waals surface area contributed by atoms with Crippen molar-refractivity contribution in [3.8, 4) is 6.07 Å². The van der Waals surface area contributed by atoms with Crippen LogP contribution in [0.4, 0.5) is 10.5 Å². The fraction of sp³-hybridized carbons (Fsp3) is 0.400. The molecule has 0 aromatic heterocycles. The molecule has 2 amide bonds. The molecule has 2 aliphatic heterocycles. The van der Waals surface area contributed by atoms with Crippen LogP contribution in [0.25, 0.3) is 5.70 Å². The molecule has 0 radical (unpaired) electrons. The van der Waals surface area contributed by atoms with Crippen LogP contribution in [0.15, 0.2) is 29.3 Å². The number of nitriles is 1. The minimum absolute atomic E-state index is 0.0421. The van der Waals surface area contributed by atoms with Crippen LogP contribution in [0, 0.1) is 11.3 Å². The van der Waals surface area contributed by atoms with E-state index in [9.17, 15) is 9.59 Å². The molecule has 152 valence electrons. The molecule has 1 fully saturated rings. The van der Waals surface area contributed by atoms with E-state index in [-0.39, 0.29) is 31.1 Å². The van der Waals surface area contributed by atoms with Gasteiger partial charge >= 0.3 is 6.09 Å². The number of amidine groups is 1. The van der Waals surface area contributed by atoms with Crippen molar-refractivity contribution in [3.05, 3.63) is 35.4 Å². The maximum absolute atomic E-state index is 12.3. The second-order valence-electron chi connectivity index (χ2n) is 6.91. The summed E-state index contributed by atoms with van der Waals surface area (Å²) in [5.41, 5.74) is 3.09. The first kappa shape index (κ1) is 20.2. The summed E-state index contributed by atoms with van der Waals surface area (Å²) in [6.07, 6.45) is 1.19. The van der Waals surface area contributed by atoms with Crippen LogP contribution >= 0.6 is 0 Å². The zero-order chi connectivity index (χ0) is 21.0. The summed E-state index contributed by atoms with van der Waals surface area (Å²) in [4.78, 5) is 29.9. The lowest BCUT2D eigenvalue weighted by atomic mass is 10.0. The van der Waals surface area contributed by atoms with Gasteiger partial charge in [-0.1, -0.05) is 0 Å². The Morgan fingerprint density at radius 3 is 2.90 bits per heavy atom. The average molecular weight is 396 g/mol. The fourth-order valence-electron chi connectivity index (χ4n) is 3.33. The lowest BCUT2D eigenvalue weighted by Gasteiger charge is -2.32. The number of nitrogens with one attached hydrogen (secondary N) is 3. The van der Waals surface area contributed by atoms with Gasteiger partial charge < -0.3 is 25.6 Å². The predicted molar refractivity (Wildman–Crippen MR) is 109 cm³/mol. The number of carbonyl (C=O) groups excluding carboxylic acids is 2. The summed E-state index contributed by atoms with van der Waals surface area (Å²) in [6.45, 7) is 4.68. The Labute approximate surface area is 169 Å². The highest BCUT2D eigenvalue weighted by atomic mass is 16.6. The Morgan fingerprint density at radius 2 is 2.28 bits per heavy atom. The normalized spacial score (nSPS) is 20.8. The number of nitrogens with zero attached hydrogens (tertiary/aromatic N) is 3. The molecule has 9 nitrogen and oxygen atoms in total. The van der Waals surface area contributed by atoms with Gasteiger partial charge in [-0.3, -0.25) is 4.79 Å². The van der Waals surface area contributed by atoms with Crippen molar-refractivity contribution in [2.24, 2.45) is 4.99 Å². The molecule has 3 N–H and O–H groups in total. The number of anilines is 1. The smallest absolute Gasteiger partial charge is 0.407 e. The van der Waals surface area contributed by atoms with Crippen molar-refractivity contribution in [2.45, 2.75) is 26.0 Å². The Kier molecular flexibility index (Phi) is 6.02. The first-order valence-corrected chi connectivity index (χ1v) is 9.38. The van der Waals surface area contributed by atoms with Gasteiger partial charge in [-0.05, 0) is 38.1 Å². The number of ether oxygens (including phenoxy) is 1. The number of cyclic esters (lactones) is 1. The highest BCUT2D eigenvalue weighted by Gasteiger charge is 2.25. The van der Waals surface area contributed by atoms with Crippen LogP contribution in [-0.2, 0) is 9.53 Å². The largest absolute Gasteiger partial charge is 0.442 e. The van der Waals surface area contributed by atoms with Crippen LogP contribution in [0.1, 0.15) is 25.0 Å². The molecule has 2 atom stereocenters. The van der Waals surface area contributed by atoms with E-state index in [4.69, 9.17) is 10.00 Å². The third kappa shape index (κ3) is 4.66. The molecule has 3 rings (SSSR count). The quantitative estimate of drug-likeness (QED) is 0.667. The van der Waals surface area contributed by atoms with Gasteiger partial charge in [0.05, 0.1) is 37.0 Å². The summed E-state index contributed by atoms with van der Waals surface area (Å²) in [7, 11) is 1.80. The molecule has 0 aliphatic carbocycles. The van der Waals surface area contributed by atoms with E-state index < -0.39 is 6.09 Å². The lowest BCUT2D eigenvalue weighted by Crippen LogP contribution is -2.46. The van der Waals surface area contributed by atoms with Crippen molar-refractivity contribution in [1.29, 1.82) is 5.26 Å². The van der Waals surface area contributed by atoms with Gasteiger partial charge in [-0.15, -0.1) is 0 Å². The van der Waals surface area contributed by atoms with E-state index in [1.165, 1.54) is 0 Å². The van der Waals surface area contributed by atoms with Crippen molar-refractivity contribution < 1.29 is 14.3 Å². The Hall–Kier alpha value is -3.54. The van der Waals surface area contributed by atoms with E-state index in [2.05, 4.69) is 27.0 Å². The summed E-state index contributed by atoms with van der Waals surface area (Å²) in [5, 5.41) is 17.5. The zero-order valence-corrected chi connectivity index (χ0v) is 16.7. The maximum atomic E-state index is 12.3. The minimum atomic E-state index is -0.460.